The van der Waals surface area contributed by atoms with Crippen molar-refractivity contribution < 1.29 is 14.5 Å². The average molecular weight is 271 g/mol. The number of aryl methyl sites for hydroxylation is 1. The van der Waals surface area contributed by atoms with Crippen molar-refractivity contribution in [1.82, 2.24) is 0 Å². The summed E-state index contributed by atoms with van der Waals surface area (Å²) in [4.78, 5) is 22.1. The minimum absolute atomic E-state index is 0.00962. The number of rotatable bonds is 4. The van der Waals surface area contributed by atoms with E-state index in [0.717, 1.165) is 5.56 Å². The molecule has 0 amide bonds. The molecule has 0 N–H and O–H groups in total. The predicted octanol–water partition coefficient (Wildman–Crippen LogP) is 3.26. The maximum absolute atomic E-state index is 11.9. The molecular formula is C15H13NO4. The smallest absolute Gasteiger partial charge is 0.338 e. The molecule has 0 saturated heterocycles. The molecule has 2 aromatic rings. The molecule has 0 atom stereocenters. The molecule has 0 aliphatic rings. The fourth-order valence-corrected chi connectivity index (χ4v) is 1.79. The highest BCUT2D eigenvalue weighted by Crippen LogP contribution is 2.19. The number of nitro groups is 1. The summed E-state index contributed by atoms with van der Waals surface area (Å²) < 4.78 is 5.16. The van der Waals surface area contributed by atoms with Gasteiger partial charge in [-0.05, 0) is 24.6 Å². The van der Waals surface area contributed by atoms with Gasteiger partial charge in [0, 0.05) is 11.6 Å². The molecule has 0 aliphatic carbocycles. The van der Waals surface area contributed by atoms with Gasteiger partial charge in [0.05, 0.1) is 10.5 Å². The number of hydrogen-bond donors (Lipinski definition) is 0. The van der Waals surface area contributed by atoms with Gasteiger partial charge in [-0.25, -0.2) is 4.79 Å². The normalized spacial score (nSPS) is 10.1. The Hall–Kier alpha value is -2.69. The summed E-state index contributed by atoms with van der Waals surface area (Å²) >= 11 is 0. The third kappa shape index (κ3) is 3.20. The first-order valence-corrected chi connectivity index (χ1v) is 6.04. The Bertz CT molecular complexity index is 638. The van der Waals surface area contributed by atoms with Crippen molar-refractivity contribution in [1.29, 1.82) is 0 Å². The Labute approximate surface area is 116 Å². The Balaban J connectivity index is 2.06. The Morgan fingerprint density at radius 3 is 2.50 bits per heavy atom. The topological polar surface area (TPSA) is 69.4 Å². The van der Waals surface area contributed by atoms with Gasteiger partial charge in [-0.3, -0.25) is 10.1 Å². The van der Waals surface area contributed by atoms with Crippen LogP contribution in [0.4, 0.5) is 5.69 Å². The lowest BCUT2D eigenvalue weighted by atomic mass is 10.1. The average Bonchev–Trinajstić information content (AvgIpc) is 2.45. The second kappa shape index (κ2) is 5.97. The van der Waals surface area contributed by atoms with Gasteiger partial charge in [0.25, 0.3) is 5.69 Å². The summed E-state index contributed by atoms with van der Waals surface area (Å²) in [5, 5.41) is 10.7. The number of esters is 1. The second-order valence-electron chi connectivity index (χ2n) is 4.32. The Morgan fingerprint density at radius 2 is 1.90 bits per heavy atom. The highest BCUT2D eigenvalue weighted by Gasteiger charge is 2.14. The third-order valence-corrected chi connectivity index (χ3v) is 2.84. The van der Waals surface area contributed by atoms with Crippen LogP contribution >= 0.6 is 0 Å². The Kier molecular flexibility index (Phi) is 4.10. The summed E-state index contributed by atoms with van der Waals surface area (Å²) in [5.74, 6) is -0.494. The van der Waals surface area contributed by atoms with Crippen LogP contribution in [0.2, 0.25) is 0 Å². The first-order chi connectivity index (χ1) is 9.58. The molecule has 0 aliphatic heterocycles. The first kappa shape index (κ1) is 13.7. The number of nitrogens with zero attached hydrogens (tertiary/aromatic N) is 1. The molecule has 0 saturated carbocycles. The number of ether oxygens (including phenoxy) is 1. The van der Waals surface area contributed by atoms with E-state index in [2.05, 4.69) is 0 Å². The van der Waals surface area contributed by atoms with E-state index in [1.54, 1.807) is 6.92 Å². The minimum Gasteiger partial charge on any atom is -0.457 e. The summed E-state index contributed by atoms with van der Waals surface area (Å²) in [7, 11) is 0. The molecule has 0 fully saturated rings. The van der Waals surface area contributed by atoms with Crippen LogP contribution in [0.25, 0.3) is 0 Å². The molecule has 5 nitrogen and oxygen atoms in total. The van der Waals surface area contributed by atoms with Crippen LogP contribution in [-0.2, 0) is 11.3 Å². The van der Waals surface area contributed by atoms with Crippen molar-refractivity contribution >= 4 is 11.7 Å². The van der Waals surface area contributed by atoms with Gasteiger partial charge >= 0.3 is 5.97 Å². The predicted molar refractivity (Wildman–Crippen MR) is 73.4 cm³/mol. The van der Waals surface area contributed by atoms with Crippen LogP contribution in [0.15, 0.2) is 48.5 Å². The van der Waals surface area contributed by atoms with E-state index in [9.17, 15) is 14.9 Å². The third-order valence-electron chi connectivity index (χ3n) is 2.84. The van der Waals surface area contributed by atoms with Crippen LogP contribution in [0.5, 0.6) is 0 Å². The zero-order valence-corrected chi connectivity index (χ0v) is 10.9. The van der Waals surface area contributed by atoms with Crippen molar-refractivity contribution in [2.45, 2.75) is 13.5 Å². The van der Waals surface area contributed by atoms with Gasteiger partial charge in [0.15, 0.2) is 0 Å². The van der Waals surface area contributed by atoms with Gasteiger partial charge in [0.1, 0.15) is 6.61 Å². The SMILES string of the molecule is Cc1cc(C(=O)OCc2ccccc2)ccc1[N+](=O)[O-]. The van der Waals surface area contributed by atoms with Crippen molar-refractivity contribution in [3.8, 4) is 0 Å². The molecule has 2 aromatic carbocycles. The largest absolute Gasteiger partial charge is 0.457 e. The van der Waals surface area contributed by atoms with E-state index in [1.165, 1.54) is 18.2 Å². The molecule has 2 rings (SSSR count). The number of hydrogen-bond acceptors (Lipinski definition) is 4. The quantitative estimate of drug-likeness (QED) is 0.486. The zero-order valence-electron chi connectivity index (χ0n) is 10.9. The summed E-state index contributed by atoms with van der Waals surface area (Å²) in [5.41, 5.74) is 1.62. The van der Waals surface area contributed by atoms with E-state index < -0.39 is 10.9 Å². The van der Waals surface area contributed by atoms with Crippen molar-refractivity contribution in [3.63, 3.8) is 0 Å². The van der Waals surface area contributed by atoms with Gasteiger partial charge in [-0.1, -0.05) is 30.3 Å². The minimum atomic E-state index is -0.494. The van der Waals surface area contributed by atoms with Crippen LogP contribution in [0.3, 0.4) is 0 Å². The van der Waals surface area contributed by atoms with Crippen LogP contribution in [-0.4, -0.2) is 10.9 Å². The number of benzene rings is 2. The van der Waals surface area contributed by atoms with E-state index in [1.807, 2.05) is 30.3 Å². The van der Waals surface area contributed by atoms with E-state index >= 15 is 0 Å². The molecule has 0 aromatic heterocycles. The fraction of sp³-hybridized carbons (Fsp3) is 0.133. The number of carbonyl (C=O) groups excluding carboxylic acids is 1. The number of nitro benzene ring substituents is 1. The highest BCUT2D eigenvalue weighted by atomic mass is 16.6. The van der Waals surface area contributed by atoms with Gasteiger partial charge in [-0.15, -0.1) is 0 Å². The van der Waals surface area contributed by atoms with E-state index in [-0.39, 0.29) is 12.3 Å². The first-order valence-electron chi connectivity index (χ1n) is 6.04. The van der Waals surface area contributed by atoms with Crippen molar-refractivity contribution in [2.24, 2.45) is 0 Å². The van der Waals surface area contributed by atoms with Crippen molar-refractivity contribution in [3.05, 3.63) is 75.3 Å². The molecule has 102 valence electrons. The van der Waals surface area contributed by atoms with Crippen LogP contribution < -0.4 is 0 Å². The van der Waals surface area contributed by atoms with E-state index in [4.69, 9.17) is 4.74 Å². The van der Waals surface area contributed by atoms with Gasteiger partial charge in [-0.2, -0.15) is 0 Å². The Morgan fingerprint density at radius 1 is 1.20 bits per heavy atom. The monoisotopic (exact) mass is 271 g/mol. The number of carbonyl (C=O) groups is 1. The fourth-order valence-electron chi connectivity index (χ4n) is 1.79. The maximum atomic E-state index is 11.9. The standard InChI is InChI=1S/C15H13NO4/c1-11-9-13(7-8-14(11)16(18)19)15(17)20-10-12-5-3-2-4-6-12/h2-9H,10H2,1H3. The molecule has 0 heterocycles. The van der Waals surface area contributed by atoms with Crippen LogP contribution in [0.1, 0.15) is 21.5 Å². The lowest BCUT2D eigenvalue weighted by molar-refractivity contribution is -0.385. The van der Waals surface area contributed by atoms with Gasteiger partial charge < -0.3 is 4.74 Å². The van der Waals surface area contributed by atoms with Crippen molar-refractivity contribution in [2.75, 3.05) is 0 Å². The van der Waals surface area contributed by atoms with Crippen LogP contribution in [0, 0.1) is 17.0 Å². The summed E-state index contributed by atoms with van der Waals surface area (Å²) in [6, 6.07) is 13.5. The lowest BCUT2D eigenvalue weighted by Crippen LogP contribution is -2.06. The molecule has 20 heavy (non-hydrogen) atoms. The zero-order chi connectivity index (χ0) is 14.5. The molecular weight excluding hydrogens is 258 g/mol. The highest BCUT2D eigenvalue weighted by molar-refractivity contribution is 5.90. The summed E-state index contributed by atoms with van der Waals surface area (Å²) in [6.07, 6.45) is 0. The summed E-state index contributed by atoms with van der Waals surface area (Å²) in [6.45, 7) is 1.77. The molecule has 0 spiro atoms. The lowest BCUT2D eigenvalue weighted by Gasteiger charge is -2.05. The van der Waals surface area contributed by atoms with Gasteiger partial charge in [0.2, 0.25) is 0 Å². The second-order valence-corrected chi connectivity index (χ2v) is 4.32. The molecule has 0 bridgehead atoms. The molecule has 0 unspecified atom stereocenters. The molecule has 5 heteroatoms. The van der Waals surface area contributed by atoms with E-state index in [0.29, 0.717) is 11.1 Å². The molecule has 0 radical (unpaired) electrons. The maximum Gasteiger partial charge on any atom is 0.338 e.